The van der Waals surface area contributed by atoms with Crippen LogP contribution in [0, 0.1) is 0 Å². The van der Waals surface area contributed by atoms with E-state index in [1.807, 2.05) is 0 Å². The van der Waals surface area contributed by atoms with E-state index in [1.54, 1.807) is 0 Å². The van der Waals surface area contributed by atoms with Crippen molar-refractivity contribution in [3.8, 4) is 0 Å². The third-order valence-electron chi connectivity index (χ3n) is 0.734. The molecule has 0 bridgehead atoms. The standard InChI is InChI=1S/C6H12O.CH4/c1-3-5-6-7-4-2;/h4H,2-3,5-6H2,1H3;1H4. The van der Waals surface area contributed by atoms with Gasteiger partial charge in [0, 0.05) is 0 Å². The normalized spacial score (nSPS) is 7.12. The zero-order valence-corrected chi connectivity index (χ0v) is 4.81. The van der Waals surface area contributed by atoms with Gasteiger partial charge in [-0.05, 0) is 6.42 Å². The third kappa shape index (κ3) is 9.11. The Hall–Kier alpha value is -0.460. The van der Waals surface area contributed by atoms with E-state index in [9.17, 15) is 0 Å². The predicted octanol–water partition coefficient (Wildman–Crippen LogP) is 2.58. The van der Waals surface area contributed by atoms with Crippen molar-refractivity contribution in [3.05, 3.63) is 12.8 Å². The molecule has 1 heteroatoms. The first-order chi connectivity index (χ1) is 3.41. The maximum Gasteiger partial charge on any atom is 0.0872 e. The second kappa shape index (κ2) is 9.74. The molecule has 0 rings (SSSR count). The van der Waals surface area contributed by atoms with Gasteiger partial charge in [0.15, 0.2) is 0 Å². The van der Waals surface area contributed by atoms with Gasteiger partial charge >= 0.3 is 0 Å². The van der Waals surface area contributed by atoms with Gasteiger partial charge in [0.25, 0.3) is 0 Å². The molecule has 0 fully saturated rings. The fourth-order valence-corrected chi connectivity index (χ4v) is 0.311. The number of hydrogen-bond donors (Lipinski definition) is 0. The smallest absolute Gasteiger partial charge is 0.0872 e. The Morgan fingerprint density at radius 2 is 2.25 bits per heavy atom. The summed E-state index contributed by atoms with van der Waals surface area (Å²) in [6, 6.07) is 0. The Balaban J connectivity index is 0. The molecular weight excluding hydrogens is 100 g/mol. The van der Waals surface area contributed by atoms with E-state index in [0.717, 1.165) is 13.0 Å². The van der Waals surface area contributed by atoms with Crippen molar-refractivity contribution >= 4 is 0 Å². The molecular formula is C7H16O. The molecule has 0 aromatic heterocycles. The molecule has 8 heavy (non-hydrogen) atoms. The van der Waals surface area contributed by atoms with Crippen molar-refractivity contribution in [3.63, 3.8) is 0 Å². The van der Waals surface area contributed by atoms with Crippen LogP contribution in [-0.2, 0) is 4.74 Å². The van der Waals surface area contributed by atoms with Gasteiger partial charge in [0.1, 0.15) is 0 Å². The Kier molecular flexibility index (Phi) is 12.8. The molecule has 0 heterocycles. The Morgan fingerprint density at radius 1 is 1.62 bits per heavy atom. The van der Waals surface area contributed by atoms with Crippen LogP contribution < -0.4 is 0 Å². The highest BCUT2D eigenvalue weighted by molar-refractivity contribution is 4.47. The summed E-state index contributed by atoms with van der Waals surface area (Å²) in [5.74, 6) is 0. The van der Waals surface area contributed by atoms with Crippen LogP contribution in [0.25, 0.3) is 0 Å². The van der Waals surface area contributed by atoms with Crippen LogP contribution in [0.3, 0.4) is 0 Å². The first-order valence-corrected chi connectivity index (χ1v) is 2.64. The monoisotopic (exact) mass is 116 g/mol. The summed E-state index contributed by atoms with van der Waals surface area (Å²) in [5, 5.41) is 0. The minimum atomic E-state index is 0. The average molecular weight is 116 g/mol. The fourth-order valence-electron chi connectivity index (χ4n) is 0.311. The summed E-state index contributed by atoms with van der Waals surface area (Å²) in [4.78, 5) is 0. The summed E-state index contributed by atoms with van der Waals surface area (Å²) < 4.78 is 4.84. The zero-order chi connectivity index (χ0) is 5.54. The van der Waals surface area contributed by atoms with Crippen molar-refractivity contribution in [1.82, 2.24) is 0 Å². The summed E-state index contributed by atoms with van der Waals surface area (Å²) in [7, 11) is 0. The first kappa shape index (κ1) is 10.5. The van der Waals surface area contributed by atoms with Gasteiger partial charge in [-0.2, -0.15) is 0 Å². The molecule has 0 saturated carbocycles. The molecule has 0 aromatic carbocycles. The fraction of sp³-hybridized carbons (Fsp3) is 0.714. The van der Waals surface area contributed by atoms with Crippen molar-refractivity contribution in [2.45, 2.75) is 27.2 Å². The molecule has 0 saturated heterocycles. The van der Waals surface area contributed by atoms with Gasteiger partial charge in [0.2, 0.25) is 0 Å². The second-order valence-corrected chi connectivity index (χ2v) is 1.39. The maximum atomic E-state index is 4.84. The van der Waals surface area contributed by atoms with Crippen molar-refractivity contribution in [2.75, 3.05) is 6.61 Å². The molecule has 0 aliphatic carbocycles. The molecule has 0 spiro atoms. The van der Waals surface area contributed by atoms with E-state index in [2.05, 4.69) is 13.5 Å². The quantitative estimate of drug-likeness (QED) is 0.405. The van der Waals surface area contributed by atoms with E-state index in [-0.39, 0.29) is 7.43 Å². The highest BCUT2D eigenvalue weighted by atomic mass is 16.5. The van der Waals surface area contributed by atoms with Gasteiger partial charge in [0.05, 0.1) is 12.9 Å². The zero-order valence-electron chi connectivity index (χ0n) is 4.81. The lowest BCUT2D eigenvalue weighted by Gasteiger charge is -1.93. The highest BCUT2D eigenvalue weighted by Gasteiger charge is 1.76. The summed E-state index contributed by atoms with van der Waals surface area (Å²) >= 11 is 0. The molecule has 0 atom stereocenters. The number of rotatable bonds is 4. The van der Waals surface area contributed by atoms with Crippen molar-refractivity contribution in [1.29, 1.82) is 0 Å². The van der Waals surface area contributed by atoms with Crippen LogP contribution in [0.15, 0.2) is 12.8 Å². The lowest BCUT2D eigenvalue weighted by molar-refractivity contribution is 0.245. The van der Waals surface area contributed by atoms with E-state index in [4.69, 9.17) is 4.74 Å². The number of hydrogen-bond acceptors (Lipinski definition) is 1. The predicted molar refractivity (Wildman–Crippen MR) is 37.8 cm³/mol. The third-order valence-corrected chi connectivity index (χ3v) is 0.734. The van der Waals surface area contributed by atoms with Crippen LogP contribution in [0.4, 0.5) is 0 Å². The van der Waals surface area contributed by atoms with E-state index < -0.39 is 0 Å². The summed E-state index contributed by atoms with van der Waals surface area (Å²) in [6.07, 6.45) is 3.80. The van der Waals surface area contributed by atoms with Crippen LogP contribution >= 0.6 is 0 Å². The SMILES string of the molecule is C.C=COCCCC. The molecule has 0 aliphatic heterocycles. The lowest BCUT2D eigenvalue weighted by atomic mass is 10.4. The molecule has 0 aromatic rings. The molecule has 0 aliphatic rings. The molecule has 0 radical (unpaired) electrons. The highest BCUT2D eigenvalue weighted by Crippen LogP contribution is 1.85. The van der Waals surface area contributed by atoms with Crippen LogP contribution in [0.5, 0.6) is 0 Å². The van der Waals surface area contributed by atoms with Gasteiger partial charge in [-0.3, -0.25) is 0 Å². The van der Waals surface area contributed by atoms with E-state index in [0.29, 0.717) is 0 Å². The maximum absolute atomic E-state index is 4.84. The molecule has 0 unspecified atom stereocenters. The van der Waals surface area contributed by atoms with Gasteiger partial charge in [-0.15, -0.1) is 0 Å². The van der Waals surface area contributed by atoms with Crippen LogP contribution in [0.1, 0.15) is 27.2 Å². The topological polar surface area (TPSA) is 9.23 Å². The summed E-state index contributed by atoms with van der Waals surface area (Å²) in [5.41, 5.74) is 0. The molecule has 0 amide bonds. The Bertz CT molecular complexity index is 41.7. The van der Waals surface area contributed by atoms with Crippen molar-refractivity contribution in [2.24, 2.45) is 0 Å². The number of ether oxygens (including phenoxy) is 1. The minimum Gasteiger partial charge on any atom is -0.502 e. The largest absolute Gasteiger partial charge is 0.502 e. The van der Waals surface area contributed by atoms with E-state index >= 15 is 0 Å². The van der Waals surface area contributed by atoms with Crippen LogP contribution in [-0.4, -0.2) is 6.61 Å². The second-order valence-electron chi connectivity index (χ2n) is 1.39. The number of unbranched alkanes of at least 4 members (excludes halogenated alkanes) is 1. The molecule has 1 nitrogen and oxygen atoms in total. The first-order valence-electron chi connectivity index (χ1n) is 2.64. The van der Waals surface area contributed by atoms with Crippen LogP contribution in [0.2, 0.25) is 0 Å². The molecule has 50 valence electrons. The minimum absolute atomic E-state index is 0. The Morgan fingerprint density at radius 3 is 2.62 bits per heavy atom. The lowest BCUT2D eigenvalue weighted by Crippen LogP contribution is -1.83. The van der Waals surface area contributed by atoms with Gasteiger partial charge < -0.3 is 4.74 Å². The van der Waals surface area contributed by atoms with E-state index in [1.165, 1.54) is 12.7 Å². The van der Waals surface area contributed by atoms with Gasteiger partial charge in [-0.1, -0.05) is 27.4 Å². The Labute approximate surface area is 52.4 Å². The molecule has 0 N–H and O–H groups in total. The van der Waals surface area contributed by atoms with Crippen molar-refractivity contribution < 1.29 is 4.74 Å². The summed E-state index contributed by atoms with van der Waals surface area (Å²) in [6.45, 7) is 6.36. The average Bonchev–Trinajstić information content (AvgIpc) is 1.69. The van der Waals surface area contributed by atoms with Gasteiger partial charge in [-0.25, -0.2) is 0 Å².